The number of hydrogen-bond acceptors (Lipinski definition) is 7. The molecule has 0 aliphatic carbocycles. The third-order valence-electron chi connectivity index (χ3n) is 9.00. The maximum absolute atomic E-state index is 12.7. The minimum absolute atomic E-state index is 0.00717. The molecular weight excluding hydrogens is 666 g/mol. The van der Waals surface area contributed by atoms with Crippen molar-refractivity contribution in [2.45, 2.75) is 48.5 Å². The molecule has 0 fully saturated rings. The van der Waals surface area contributed by atoms with Crippen molar-refractivity contribution < 1.29 is 19.7 Å². The number of ether oxygens (including phenoxy) is 1. The fourth-order valence-corrected chi connectivity index (χ4v) is 8.79. The van der Waals surface area contributed by atoms with Crippen molar-refractivity contribution in [2.24, 2.45) is 14.1 Å². The summed E-state index contributed by atoms with van der Waals surface area (Å²) in [7, 11) is 3.73. The lowest BCUT2D eigenvalue weighted by molar-refractivity contribution is 0.0685. The van der Waals surface area contributed by atoms with Gasteiger partial charge < -0.3 is 19.5 Å². The fourth-order valence-electron chi connectivity index (χ4n) is 6.75. The molecule has 12 heteroatoms. The van der Waals surface area contributed by atoms with Crippen LogP contribution in [0.5, 0.6) is 5.75 Å². The standard InChI is InChI=1S/C36H36ClN5O4S2/c1-21-32-30(39-41(21)3)20-47-18-23-16-24(42(38-23)12-13-43)19-48-25-15-22-7-4-5-8-26(22)31(17-25)46-14-6-9-27-28-10-11-29(37)33(32)34(28)40(2)35(27)36(44)45/h4-5,7-8,10-11,15-17,43H,6,9,12-14,18-20H2,1-3H3,(H,44,45). The lowest BCUT2D eigenvalue weighted by Crippen LogP contribution is -2.09. The van der Waals surface area contributed by atoms with E-state index < -0.39 is 5.97 Å². The Labute approximate surface area is 291 Å². The number of rotatable bonds is 3. The van der Waals surface area contributed by atoms with Crippen LogP contribution in [-0.2, 0) is 44.3 Å². The number of thioether (sulfide) groups is 2. The molecule has 9 nitrogen and oxygen atoms in total. The van der Waals surface area contributed by atoms with Crippen molar-refractivity contribution in [3.05, 3.63) is 93.7 Å². The lowest BCUT2D eigenvalue weighted by atomic mass is 9.98. The Morgan fingerprint density at radius 2 is 1.85 bits per heavy atom. The molecule has 0 amide bonds. The zero-order chi connectivity index (χ0) is 33.5. The predicted molar refractivity (Wildman–Crippen MR) is 193 cm³/mol. The summed E-state index contributed by atoms with van der Waals surface area (Å²) in [6.45, 7) is 2.87. The number of halogens is 1. The average Bonchev–Trinajstić information content (AvgIpc) is 3.68. The number of aryl methyl sites for hydroxylation is 3. The van der Waals surface area contributed by atoms with E-state index in [0.717, 1.165) is 71.8 Å². The van der Waals surface area contributed by atoms with Gasteiger partial charge in [0.15, 0.2) is 0 Å². The van der Waals surface area contributed by atoms with Gasteiger partial charge in [-0.2, -0.15) is 10.2 Å². The van der Waals surface area contributed by atoms with Crippen LogP contribution >= 0.6 is 35.1 Å². The third kappa shape index (κ3) is 5.97. The Morgan fingerprint density at radius 3 is 2.67 bits per heavy atom. The molecule has 1 aliphatic rings. The van der Waals surface area contributed by atoms with Crippen molar-refractivity contribution in [3.8, 4) is 16.9 Å². The normalized spacial score (nSPS) is 14.2. The maximum Gasteiger partial charge on any atom is 0.352 e. The van der Waals surface area contributed by atoms with Gasteiger partial charge in [0.1, 0.15) is 11.4 Å². The number of hydrogen-bond donors (Lipinski definition) is 2. The molecule has 248 valence electrons. The van der Waals surface area contributed by atoms with Gasteiger partial charge in [0.25, 0.3) is 0 Å². The van der Waals surface area contributed by atoms with Gasteiger partial charge in [-0.25, -0.2) is 4.79 Å². The first-order valence-electron chi connectivity index (χ1n) is 15.8. The predicted octanol–water partition coefficient (Wildman–Crippen LogP) is 7.63. The van der Waals surface area contributed by atoms with Crippen LogP contribution in [0.15, 0.2) is 59.5 Å². The molecule has 48 heavy (non-hydrogen) atoms. The highest BCUT2D eigenvalue weighted by Crippen LogP contribution is 2.43. The number of nitrogens with zero attached hydrogens (tertiary/aromatic N) is 5. The minimum Gasteiger partial charge on any atom is -0.493 e. The fraction of sp³-hybridized carbons (Fsp3) is 0.306. The van der Waals surface area contributed by atoms with Crippen LogP contribution < -0.4 is 4.74 Å². The topological polar surface area (TPSA) is 107 Å². The van der Waals surface area contributed by atoms with Crippen molar-refractivity contribution in [1.82, 2.24) is 24.1 Å². The summed E-state index contributed by atoms with van der Waals surface area (Å²) in [5.74, 6) is 1.79. The van der Waals surface area contributed by atoms with Crippen LogP contribution in [0.4, 0.5) is 0 Å². The quantitative estimate of drug-likeness (QED) is 0.194. The Morgan fingerprint density at radius 1 is 1.02 bits per heavy atom. The molecule has 6 aromatic rings. The van der Waals surface area contributed by atoms with E-state index in [9.17, 15) is 15.0 Å². The van der Waals surface area contributed by atoms with Crippen LogP contribution in [0.2, 0.25) is 5.02 Å². The summed E-state index contributed by atoms with van der Waals surface area (Å²) in [6, 6.07) is 18.4. The van der Waals surface area contributed by atoms with Gasteiger partial charge in [0, 0.05) is 69.5 Å². The first kappa shape index (κ1) is 32.6. The van der Waals surface area contributed by atoms with E-state index >= 15 is 0 Å². The second-order valence-corrected chi connectivity index (χ2v) is 14.4. The Kier molecular flexibility index (Phi) is 9.21. The van der Waals surface area contributed by atoms with Crippen molar-refractivity contribution in [3.63, 3.8) is 0 Å². The van der Waals surface area contributed by atoms with Gasteiger partial charge in [0.2, 0.25) is 0 Å². The number of aliphatic hydroxyl groups excluding tert-OH is 1. The summed E-state index contributed by atoms with van der Waals surface area (Å²) < 4.78 is 12.0. The first-order valence-corrected chi connectivity index (χ1v) is 18.4. The number of fused-ring (bicyclic) bond motifs is 8. The van der Waals surface area contributed by atoms with Crippen molar-refractivity contribution >= 4 is 62.8 Å². The van der Waals surface area contributed by atoms with E-state index in [1.54, 1.807) is 35.1 Å². The molecule has 2 N–H and O–H groups in total. The number of carbonyl (C=O) groups is 1. The second kappa shape index (κ2) is 13.5. The largest absolute Gasteiger partial charge is 0.493 e. The van der Waals surface area contributed by atoms with Crippen LogP contribution in [0.3, 0.4) is 0 Å². The van der Waals surface area contributed by atoms with Gasteiger partial charge in [-0.3, -0.25) is 9.36 Å². The SMILES string of the molecule is Cc1c2c(nn1C)CSCc1cc(n(CCO)n1)CSc1cc(c3ccccc3c1)OCCCc1c(C(=O)O)n(C)c3c-2c(Cl)ccc13. The van der Waals surface area contributed by atoms with Crippen LogP contribution in [0.25, 0.3) is 32.8 Å². The molecule has 3 aromatic carbocycles. The molecule has 0 atom stereocenters. The van der Waals surface area contributed by atoms with Crippen molar-refractivity contribution in [1.29, 1.82) is 0 Å². The van der Waals surface area contributed by atoms with E-state index in [-0.39, 0.29) is 12.3 Å². The Balaban J connectivity index is 1.36. The molecular formula is C36H36ClN5O4S2. The summed E-state index contributed by atoms with van der Waals surface area (Å²) in [6.07, 6.45) is 1.15. The first-order chi connectivity index (χ1) is 23.2. The maximum atomic E-state index is 12.7. The Bertz CT molecular complexity index is 2190. The number of aromatic carboxylic acids is 1. The average molecular weight is 702 g/mol. The molecule has 0 spiro atoms. The molecule has 7 rings (SSSR count). The Hall–Kier alpha value is -3.90. The van der Waals surface area contributed by atoms with Gasteiger partial charge in [-0.1, -0.05) is 41.9 Å². The lowest BCUT2D eigenvalue weighted by Gasteiger charge is -2.13. The molecule has 0 saturated carbocycles. The smallest absolute Gasteiger partial charge is 0.352 e. The van der Waals surface area contributed by atoms with E-state index in [4.69, 9.17) is 26.5 Å². The molecule has 1 aliphatic heterocycles. The number of carboxylic acids is 1. The zero-order valence-electron chi connectivity index (χ0n) is 27.0. The third-order valence-corrected chi connectivity index (χ3v) is 11.3. The monoisotopic (exact) mass is 701 g/mol. The van der Waals surface area contributed by atoms with Crippen LogP contribution in [-0.4, -0.2) is 53.5 Å². The van der Waals surface area contributed by atoms with Crippen LogP contribution in [0, 0.1) is 6.92 Å². The summed E-state index contributed by atoms with van der Waals surface area (Å²) in [5.41, 5.74) is 7.35. The number of carboxylic acid groups (broad SMARTS) is 1. The molecule has 0 radical (unpaired) electrons. The number of benzene rings is 3. The van der Waals surface area contributed by atoms with Crippen molar-refractivity contribution in [2.75, 3.05) is 13.2 Å². The summed E-state index contributed by atoms with van der Waals surface area (Å²) in [5, 5.41) is 33.5. The van der Waals surface area contributed by atoms with Gasteiger partial charge in [-0.15, -0.1) is 23.5 Å². The second-order valence-electron chi connectivity index (χ2n) is 12.0. The number of aromatic nitrogens is 5. The zero-order valence-corrected chi connectivity index (χ0v) is 29.4. The van der Waals surface area contributed by atoms with Crippen LogP contribution in [0.1, 0.15) is 45.2 Å². The highest BCUT2D eigenvalue weighted by Gasteiger charge is 2.27. The van der Waals surface area contributed by atoms with E-state index in [0.29, 0.717) is 48.3 Å². The van der Waals surface area contributed by atoms with Gasteiger partial charge in [-0.05, 0) is 55.0 Å². The van der Waals surface area contributed by atoms with E-state index in [1.165, 1.54) is 0 Å². The van der Waals surface area contributed by atoms with Gasteiger partial charge in [0.05, 0.1) is 41.7 Å². The molecule has 4 heterocycles. The molecule has 0 saturated heterocycles. The number of aliphatic hydroxyl groups is 1. The summed E-state index contributed by atoms with van der Waals surface area (Å²) in [4.78, 5) is 13.8. The summed E-state index contributed by atoms with van der Waals surface area (Å²) >= 11 is 10.4. The van der Waals surface area contributed by atoms with E-state index in [1.807, 2.05) is 47.6 Å². The molecule has 0 unspecified atom stereocenters. The molecule has 3 aromatic heterocycles. The van der Waals surface area contributed by atoms with E-state index in [2.05, 4.69) is 30.3 Å². The minimum atomic E-state index is -0.976. The highest BCUT2D eigenvalue weighted by atomic mass is 35.5. The van der Waals surface area contributed by atoms with Gasteiger partial charge >= 0.3 is 5.97 Å². The molecule has 8 bridgehead atoms. The highest BCUT2D eigenvalue weighted by molar-refractivity contribution is 7.98.